The predicted octanol–water partition coefficient (Wildman–Crippen LogP) is 3.86. The number of likely N-dealkylation sites (tertiary alicyclic amines) is 1. The summed E-state index contributed by atoms with van der Waals surface area (Å²) in [6.45, 7) is 2.10. The predicted molar refractivity (Wildman–Crippen MR) is 145 cm³/mol. The first kappa shape index (κ1) is 26.9. The molecule has 12 heteroatoms. The van der Waals surface area contributed by atoms with Gasteiger partial charge in [0.25, 0.3) is 5.82 Å². The molecular weight excluding hydrogens is 528 g/mol. The fraction of sp³-hybridized carbons (Fsp3) is 0.296. The van der Waals surface area contributed by atoms with Gasteiger partial charge >= 0.3 is 6.03 Å². The van der Waals surface area contributed by atoms with E-state index in [1.54, 1.807) is 19.5 Å². The number of H-pyrrole nitrogens is 1. The number of benzene rings is 2. The van der Waals surface area contributed by atoms with Crippen LogP contribution in [0.15, 0.2) is 76.9 Å². The van der Waals surface area contributed by atoms with E-state index in [2.05, 4.69) is 25.7 Å². The van der Waals surface area contributed by atoms with Gasteiger partial charge in [-0.3, -0.25) is 15.3 Å². The second kappa shape index (κ2) is 11.2. The second-order valence-corrected chi connectivity index (χ2v) is 10.0. The van der Waals surface area contributed by atoms with E-state index in [0.717, 1.165) is 11.8 Å². The highest BCUT2D eigenvalue weighted by atomic mass is 35.5. The van der Waals surface area contributed by atoms with Gasteiger partial charge in [0, 0.05) is 62.6 Å². The van der Waals surface area contributed by atoms with E-state index in [4.69, 9.17) is 21.4 Å². The average molecular weight is 557 g/mol. The summed E-state index contributed by atoms with van der Waals surface area (Å²) in [5, 5.41) is 17.8. The SMILES string of the molecule is COCCN1C[C@@H](NC(=O)NC2=C(Cl)C(c3cn[nH]c3)=N[N+]2(C)c2ccccc2)[C@H](c2cc(F)cc(F)c2)C1. The van der Waals surface area contributed by atoms with Crippen LogP contribution in [0.1, 0.15) is 17.0 Å². The summed E-state index contributed by atoms with van der Waals surface area (Å²) in [5.74, 6) is -1.30. The van der Waals surface area contributed by atoms with Crippen molar-refractivity contribution in [3.8, 4) is 0 Å². The number of aromatic nitrogens is 2. The summed E-state index contributed by atoms with van der Waals surface area (Å²) in [6.07, 6.45) is 3.28. The number of amides is 2. The molecule has 3 aromatic rings. The van der Waals surface area contributed by atoms with E-state index in [9.17, 15) is 13.6 Å². The molecule has 5 rings (SSSR count). The lowest BCUT2D eigenvalue weighted by Gasteiger charge is -2.27. The summed E-state index contributed by atoms with van der Waals surface area (Å²) >= 11 is 6.81. The third-order valence-corrected chi connectivity index (χ3v) is 7.41. The van der Waals surface area contributed by atoms with E-state index >= 15 is 0 Å². The number of ether oxygens (including phenoxy) is 1. The van der Waals surface area contributed by atoms with E-state index in [1.165, 1.54) is 12.1 Å². The highest BCUT2D eigenvalue weighted by Gasteiger charge is 2.44. The van der Waals surface area contributed by atoms with Crippen molar-refractivity contribution in [3.05, 3.63) is 94.5 Å². The van der Waals surface area contributed by atoms with Crippen molar-refractivity contribution in [2.24, 2.45) is 5.10 Å². The van der Waals surface area contributed by atoms with Crippen LogP contribution in [0.5, 0.6) is 0 Å². The minimum absolute atomic E-state index is 0.128. The first-order valence-corrected chi connectivity index (χ1v) is 12.8. The number of rotatable bonds is 8. The molecule has 0 bridgehead atoms. The Morgan fingerprint density at radius 1 is 1.21 bits per heavy atom. The van der Waals surface area contributed by atoms with Gasteiger partial charge in [-0.25, -0.2) is 13.6 Å². The van der Waals surface area contributed by atoms with Crippen LogP contribution in [0.2, 0.25) is 0 Å². The van der Waals surface area contributed by atoms with E-state index in [-0.39, 0.29) is 15.5 Å². The van der Waals surface area contributed by atoms with Gasteiger partial charge in [-0.15, -0.1) is 4.59 Å². The molecule has 3 heterocycles. The summed E-state index contributed by atoms with van der Waals surface area (Å²) in [4.78, 5) is 15.5. The Morgan fingerprint density at radius 3 is 2.62 bits per heavy atom. The number of allylic oxidation sites excluding steroid dienone is 1. The topological polar surface area (TPSA) is 94.6 Å². The molecule has 39 heavy (non-hydrogen) atoms. The van der Waals surface area contributed by atoms with Crippen molar-refractivity contribution in [3.63, 3.8) is 0 Å². The van der Waals surface area contributed by atoms with Gasteiger partial charge in [-0.05, 0) is 17.7 Å². The monoisotopic (exact) mass is 556 g/mol. The number of carbonyl (C=O) groups excluding carboxylic acids is 1. The number of urea groups is 1. The zero-order valence-electron chi connectivity index (χ0n) is 21.5. The molecule has 2 amide bonds. The fourth-order valence-corrected chi connectivity index (χ4v) is 5.46. The summed E-state index contributed by atoms with van der Waals surface area (Å²) in [6, 6.07) is 12.0. The van der Waals surface area contributed by atoms with Crippen LogP contribution in [0.4, 0.5) is 19.3 Å². The number of hydrogen-bond donors (Lipinski definition) is 3. The molecule has 2 aromatic carbocycles. The molecule has 2 aliphatic rings. The molecule has 1 aromatic heterocycles. The smallest absolute Gasteiger partial charge is 0.323 e. The zero-order valence-corrected chi connectivity index (χ0v) is 22.3. The molecule has 0 spiro atoms. The van der Waals surface area contributed by atoms with Gasteiger partial charge in [0.15, 0.2) is 16.4 Å². The number of aromatic amines is 1. The highest BCUT2D eigenvalue weighted by molar-refractivity contribution is 6.47. The van der Waals surface area contributed by atoms with E-state index < -0.39 is 23.7 Å². The molecular formula is C27H29ClF2N7O2+. The molecule has 3 atom stereocenters. The summed E-state index contributed by atoms with van der Waals surface area (Å²) in [5.41, 5.74) is 2.41. The van der Waals surface area contributed by atoms with E-state index in [1.807, 2.05) is 37.4 Å². The second-order valence-electron chi connectivity index (χ2n) is 9.66. The van der Waals surface area contributed by atoms with Crippen LogP contribution >= 0.6 is 11.6 Å². The molecule has 9 nitrogen and oxygen atoms in total. The highest BCUT2D eigenvalue weighted by Crippen LogP contribution is 2.36. The maximum absolute atomic E-state index is 14.1. The maximum atomic E-state index is 14.1. The van der Waals surface area contributed by atoms with Crippen LogP contribution in [-0.4, -0.2) is 73.3 Å². The molecule has 1 unspecified atom stereocenters. The molecule has 0 saturated carbocycles. The molecule has 1 fully saturated rings. The molecule has 3 N–H and O–H groups in total. The van der Waals surface area contributed by atoms with Crippen LogP contribution in [0.3, 0.4) is 0 Å². The Hall–Kier alpha value is -3.64. The molecule has 1 saturated heterocycles. The number of quaternary nitrogens is 1. The standard InChI is InChI=1S/C27H28ClF2N7O2/c1-37(21-6-4-3-5-7-21)26(24(28)25(35-37)18-13-31-32-14-18)34-27(38)33-23-16-36(8-9-39-2)15-22(23)17-10-19(29)12-20(30)11-17/h3-7,10-14,22-23H,8-9,15-16H2,1-2H3,(H2-,31,32,33,34,35,38)/p+1/t22-,23+,37?/m0/s1. The first-order valence-electron chi connectivity index (χ1n) is 12.5. The maximum Gasteiger partial charge on any atom is 0.323 e. The number of halogens is 3. The van der Waals surface area contributed by atoms with Gasteiger partial charge in [0.2, 0.25) is 0 Å². The Bertz CT molecular complexity index is 1380. The summed E-state index contributed by atoms with van der Waals surface area (Å²) < 4.78 is 33.2. The van der Waals surface area contributed by atoms with Crippen molar-refractivity contribution >= 4 is 29.0 Å². The van der Waals surface area contributed by atoms with Crippen LogP contribution in [0, 0.1) is 11.6 Å². The Morgan fingerprint density at radius 2 is 1.95 bits per heavy atom. The van der Waals surface area contributed by atoms with Crippen LogP contribution in [0.25, 0.3) is 0 Å². The third-order valence-electron chi connectivity index (χ3n) is 7.05. The van der Waals surface area contributed by atoms with Crippen molar-refractivity contribution in [2.45, 2.75) is 12.0 Å². The van der Waals surface area contributed by atoms with Crippen molar-refractivity contribution in [2.75, 3.05) is 40.4 Å². The van der Waals surface area contributed by atoms with Crippen molar-refractivity contribution < 1.29 is 18.3 Å². The Labute approximate surface area is 229 Å². The lowest BCUT2D eigenvalue weighted by Crippen LogP contribution is -2.50. The number of nitrogens with one attached hydrogen (secondary N) is 3. The Balaban J connectivity index is 1.41. The average Bonchev–Trinajstić information content (AvgIpc) is 3.64. The van der Waals surface area contributed by atoms with Gasteiger partial charge in [0.1, 0.15) is 18.7 Å². The molecule has 0 radical (unpaired) electrons. The molecule has 0 aliphatic carbocycles. The van der Waals surface area contributed by atoms with Crippen LogP contribution in [-0.2, 0) is 4.74 Å². The minimum atomic E-state index is -0.661. The van der Waals surface area contributed by atoms with Gasteiger partial charge < -0.3 is 10.1 Å². The number of hydrogen-bond acceptors (Lipinski definition) is 5. The van der Waals surface area contributed by atoms with Crippen molar-refractivity contribution in [1.29, 1.82) is 0 Å². The molecule has 2 aliphatic heterocycles. The quantitative estimate of drug-likeness (QED) is 0.367. The number of carbonyl (C=O) groups is 1. The number of nitrogens with zero attached hydrogens (tertiary/aromatic N) is 4. The number of para-hydroxylation sites is 1. The lowest BCUT2D eigenvalue weighted by atomic mass is 9.94. The summed E-state index contributed by atoms with van der Waals surface area (Å²) in [7, 11) is 3.43. The van der Waals surface area contributed by atoms with Crippen molar-refractivity contribution in [1.82, 2.24) is 30.3 Å². The van der Waals surface area contributed by atoms with Gasteiger partial charge in [-0.2, -0.15) is 5.10 Å². The first-order chi connectivity index (χ1) is 18.8. The number of methoxy groups -OCH3 is 1. The largest absolute Gasteiger partial charge is 0.383 e. The lowest BCUT2D eigenvalue weighted by molar-refractivity contribution is 0.159. The fourth-order valence-electron chi connectivity index (χ4n) is 5.10. The normalized spacial score (nSPS) is 23.3. The molecule has 204 valence electrons. The van der Waals surface area contributed by atoms with E-state index in [0.29, 0.717) is 48.9 Å². The third kappa shape index (κ3) is 5.57. The Kier molecular flexibility index (Phi) is 7.76. The zero-order chi connectivity index (χ0) is 27.6. The van der Waals surface area contributed by atoms with Gasteiger partial charge in [-0.1, -0.05) is 34.9 Å². The van der Waals surface area contributed by atoms with Crippen LogP contribution < -0.4 is 15.2 Å². The minimum Gasteiger partial charge on any atom is -0.383 e. The van der Waals surface area contributed by atoms with Gasteiger partial charge in [0.05, 0.1) is 18.8 Å².